The summed E-state index contributed by atoms with van der Waals surface area (Å²) >= 11 is 0. The zero-order valence-electron chi connectivity index (χ0n) is 12.7. The molecule has 0 radical (unpaired) electrons. The van der Waals surface area contributed by atoms with E-state index in [0.717, 1.165) is 6.54 Å². The van der Waals surface area contributed by atoms with Gasteiger partial charge in [-0.25, -0.2) is 0 Å². The molecule has 0 aromatic heterocycles. The topological polar surface area (TPSA) is 23.6 Å². The second kappa shape index (κ2) is 3.98. The summed E-state index contributed by atoms with van der Waals surface area (Å²) < 4.78 is 0. The van der Waals surface area contributed by atoms with Gasteiger partial charge in [0.15, 0.2) is 0 Å². The first kappa shape index (κ1) is 14.5. The minimum Gasteiger partial charge on any atom is -0.335 e. The molecule has 1 aliphatic rings. The van der Waals surface area contributed by atoms with Crippen LogP contribution in [0.1, 0.15) is 55.4 Å². The van der Waals surface area contributed by atoms with Gasteiger partial charge < -0.3 is 4.90 Å². The minimum atomic E-state index is -0.0850. The van der Waals surface area contributed by atoms with Crippen LogP contribution in [0.15, 0.2) is 0 Å². The Hall–Kier alpha value is -0.570. The monoisotopic (exact) mass is 240 g/mol. The van der Waals surface area contributed by atoms with Gasteiger partial charge in [0.1, 0.15) is 0 Å². The van der Waals surface area contributed by atoms with E-state index in [1.165, 1.54) is 0 Å². The molecule has 1 heterocycles. The Kier molecular flexibility index (Phi) is 3.39. The van der Waals surface area contributed by atoms with E-state index in [4.69, 9.17) is 0 Å². The highest BCUT2D eigenvalue weighted by Crippen LogP contribution is 2.32. The number of amides is 1. The number of hydrogen-bond acceptors (Lipinski definition) is 2. The third kappa shape index (κ3) is 3.01. The van der Waals surface area contributed by atoms with E-state index in [9.17, 15) is 4.79 Å². The van der Waals surface area contributed by atoms with Crippen LogP contribution in [0.5, 0.6) is 0 Å². The molecule has 1 aliphatic heterocycles. The Morgan fingerprint density at radius 2 is 1.47 bits per heavy atom. The van der Waals surface area contributed by atoms with Crippen molar-refractivity contribution in [3.63, 3.8) is 0 Å². The number of carbonyl (C=O) groups is 1. The Morgan fingerprint density at radius 1 is 1.00 bits per heavy atom. The molecular formula is C14H28N2O. The van der Waals surface area contributed by atoms with Crippen LogP contribution < -0.4 is 0 Å². The molecule has 0 saturated carbocycles. The maximum absolute atomic E-state index is 12.3. The first-order valence-electron chi connectivity index (χ1n) is 6.44. The van der Waals surface area contributed by atoms with Gasteiger partial charge in [0, 0.05) is 23.2 Å². The van der Waals surface area contributed by atoms with E-state index in [1.807, 2.05) is 4.90 Å². The van der Waals surface area contributed by atoms with Gasteiger partial charge in [-0.2, -0.15) is 0 Å². The molecule has 1 fully saturated rings. The zero-order valence-corrected chi connectivity index (χ0v) is 12.7. The van der Waals surface area contributed by atoms with Crippen molar-refractivity contribution >= 4 is 5.91 Å². The molecule has 1 rings (SSSR count). The average Bonchev–Trinajstić information content (AvgIpc) is 2.04. The van der Waals surface area contributed by atoms with E-state index < -0.39 is 0 Å². The second-order valence-electron chi connectivity index (χ2n) is 7.72. The highest BCUT2D eigenvalue weighted by Gasteiger charge is 2.45. The first-order chi connectivity index (χ1) is 7.36. The number of nitrogens with zero attached hydrogens (tertiary/aromatic N) is 2. The highest BCUT2D eigenvalue weighted by molar-refractivity contribution is 5.80. The largest absolute Gasteiger partial charge is 0.335 e. The summed E-state index contributed by atoms with van der Waals surface area (Å²) in [4.78, 5) is 16.6. The zero-order chi connectivity index (χ0) is 13.6. The fourth-order valence-corrected chi connectivity index (χ4v) is 2.75. The number of hydrogen-bond donors (Lipinski definition) is 0. The van der Waals surface area contributed by atoms with Crippen LogP contribution in [0.2, 0.25) is 0 Å². The Balaban J connectivity index is 3.00. The van der Waals surface area contributed by atoms with E-state index >= 15 is 0 Å². The second-order valence-corrected chi connectivity index (χ2v) is 7.72. The van der Waals surface area contributed by atoms with Crippen LogP contribution in [0.3, 0.4) is 0 Å². The van der Waals surface area contributed by atoms with Gasteiger partial charge in [-0.1, -0.05) is 0 Å². The highest BCUT2D eigenvalue weighted by atomic mass is 16.2. The van der Waals surface area contributed by atoms with E-state index in [0.29, 0.717) is 6.54 Å². The molecule has 17 heavy (non-hydrogen) atoms. The SMILES string of the molecule is CC(C)(C)N1CC(C)(C)N(C(C)(C)C)CC1=O. The van der Waals surface area contributed by atoms with Crippen LogP contribution in [0.4, 0.5) is 0 Å². The first-order valence-corrected chi connectivity index (χ1v) is 6.44. The van der Waals surface area contributed by atoms with Gasteiger partial charge in [0.05, 0.1) is 6.54 Å². The number of piperazine rings is 1. The van der Waals surface area contributed by atoms with Gasteiger partial charge in [-0.15, -0.1) is 0 Å². The van der Waals surface area contributed by atoms with Crippen LogP contribution in [-0.4, -0.2) is 45.4 Å². The van der Waals surface area contributed by atoms with Crippen molar-refractivity contribution in [1.29, 1.82) is 0 Å². The summed E-state index contributed by atoms with van der Waals surface area (Å²) in [5.74, 6) is 0.242. The molecule has 3 nitrogen and oxygen atoms in total. The third-order valence-electron chi connectivity index (χ3n) is 3.49. The van der Waals surface area contributed by atoms with Crippen molar-refractivity contribution < 1.29 is 4.79 Å². The molecule has 0 aromatic rings. The van der Waals surface area contributed by atoms with E-state index in [-0.39, 0.29) is 22.5 Å². The van der Waals surface area contributed by atoms with Gasteiger partial charge in [0.25, 0.3) is 0 Å². The third-order valence-corrected chi connectivity index (χ3v) is 3.49. The molecule has 0 spiro atoms. The van der Waals surface area contributed by atoms with Crippen molar-refractivity contribution in [1.82, 2.24) is 9.80 Å². The number of rotatable bonds is 0. The van der Waals surface area contributed by atoms with E-state index in [2.05, 4.69) is 60.3 Å². The van der Waals surface area contributed by atoms with Gasteiger partial charge >= 0.3 is 0 Å². The van der Waals surface area contributed by atoms with Crippen molar-refractivity contribution in [3.05, 3.63) is 0 Å². The Morgan fingerprint density at radius 3 is 1.82 bits per heavy atom. The molecular weight excluding hydrogens is 212 g/mol. The van der Waals surface area contributed by atoms with Crippen molar-refractivity contribution in [2.45, 2.75) is 72.0 Å². The molecule has 0 unspecified atom stereocenters. The van der Waals surface area contributed by atoms with Gasteiger partial charge in [-0.05, 0) is 55.4 Å². The van der Waals surface area contributed by atoms with E-state index in [1.54, 1.807) is 0 Å². The number of carbonyl (C=O) groups excluding carboxylic acids is 1. The summed E-state index contributed by atoms with van der Waals surface area (Å²) in [7, 11) is 0. The predicted octanol–water partition coefficient (Wildman–Crippen LogP) is 2.51. The summed E-state index contributed by atoms with van der Waals surface area (Å²) in [5, 5.41) is 0. The molecule has 3 heteroatoms. The van der Waals surface area contributed by atoms with Crippen LogP contribution in [-0.2, 0) is 4.79 Å². The molecule has 0 N–H and O–H groups in total. The standard InChI is InChI=1S/C14H28N2O/c1-12(2,3)15-10-14(7,8)16(9-11(15)17)13(4,5)6/h9-10H2,1-8H3. The summed E-state index contributed by atoms with van der Waals surface area (Å²) in [5.41, 5.74) is -0.0269. The summed E-state index contributed by atoms with van der Waals surface area (Å²) in [6, 6.07) is 0. The minimum absolute atomic E-state index is 0.0272. The average molecular weight is 240 g/mol. The maximum Gasteiger partial charge on any atom is 0.237 e. The van der Waals surface area contributed by atoms with Gasteiger partial charge in [0.2, 0.25) is 5.91 Å². The quantitative estimate of drug-likeness (QED) is 0.649. The molecule has 1 saturated heterocycles. The molecule has 0 aliphatic carbocycles. The fraction of sp³-hybridized carbons (Fsp3) is 0.929. The van der Waals surface area contributed by atoms with Crippen LogP contribution in [0, 0.1) is 0 Å². The normalized spacial score (nSPS) is 23.1. The Labute approximate surface area is 106 Å². The molecule has 0 aromatic carbocycles. The van der Waals surface area contributed by atoms with Crippen LogP contribution in [0.25, 0.3) is 0 Å². The molecule has 1 amide bonds. The maximum atomic E-state index is 12.3. The lowest BCUT2D eigenvalue weighted by Crippen LogP contribution is -2.69. The van der Waals surface area contributed by atoms with Crippen molar-refractivity contribution in [2.75, 3.05) is 13.1 Å². The van der Waals surface area contributed by atoms with Crippen molar-refractivity contribution in [3.8, 4) is 0 Å². The lowest BCUT2D eigenvalue weighted by atomic mass is 9.89. The molecule has 100 valence electrons. The predicted molar refractivity (Wildman–Crippen MR) is 72.0 cm³/mol. The molecule has 0 bridgehead atoms. The van der Waals surface area contributed by atoms with Crippen LogP contribution >= 0.6 is 0 Å². The van der Waals surface area contributed by atoms with Crippen molar-refractivity contribution in [2.24, 2.45) is 0 Å². The lowest BCUT2D eigenvalue weighted by molar-refractivity contribution is -0.154. The summed E-state index contributed by atoms with van der Waals surface area (Å²) in [6.45, 7) is 18.6. The Bertz CT molecular complexity index is 307. The fourth-order valence-electron chi connectivity index (χ4n) is 2.75. The lowest BCUT2D eigenvalue weighted by Gasteiger charge is -2.55. The smallest absolute Gasteiger partial charge is 0.237 e. The van der Waals surface area contributed by atoms with Gasteiger partial charge in [-0.3, -0.25) is 9.69 Å². The molecule has 0 atom stereocenters. The summed E-state index contributed by atoms with van der Waals surface area (Å²) in [6.07, 6.45) is 0.